The molecule has 196 valence electrons. The van der Waals surface area contributed by atoms with Gasteiger partial charge in [-0.25, -0.2) is 13.8 Å². The first-order valence-corrected chi connectivity index (χ1v) is 12.8. The number of carbonyl (C=O) groups excluding carboxylic acids is 1. The molecule has 0 spiro atoms. The fourth-order valence-corrected chi connectivity index (χ4v) is 5.52. The van der Waals surface area contributed by atoms with Crippen molar-refractivity contribution in [3.8, 4) is 22.9 Å². The zero-order chi connectivity index (χ0) is 26.4. The van der Waals surface area contributed by atoms with Gasteiger partial charge in [-0.1, -0.05) is 17.7 Å². The van der Waals surface area contributed by atoms with Gasteiger partial charge in [0.2, 0.25) is 11.8 Å². The first kappa shape index (κ1) is 24.6. The molecule has 0 saturated heterocycles. The lowest BCUT2D eigenvalue weighted by molar-refractivity contribution is -0.119. The zero-order valence-electron chi connectivity index (χ0n) is 20.6. The Hall–Kier alpha value is -3.72. The molecule has 1 aromatic carbocycles. The van der Waals surface area contributed by atoms with Crippen molar-refractivity contribution >= 4 is 39.8 Å². The Morgan fingerprint density at radius 3 is 2.82 bits per heavy atom. The number of aryl methyl sites for hydroxylation is 1. The second-order valence-corrected chi connectivity index (χ2v) is 10.2. The molecule has 38 heavy (non-hydrogen) atoms. The predicted octanol–water partition coefficient (Wildman–Crippen LogP) is 6.97. The average Bonchev–Trinajstić information content (AvgIpc) is 3.25. The number of rotatable bonds is 7. The lowest BCUT2D eigenvalue weighted by atomic mass is 9.82. The number of aromatic amines is 1. The number of anilines is 2. The van der Waals surface area contributed by atoms with E-state index in [9.17, 15) is 13.6 Å². The van der Waals surface area contributed by atoms with E-state index < -0.39 is 5.92 Å². The summed E-state index contributed by atoms with van der Waals surface area (Å²) in [4.78, 5) is 25.7. The van der Waals surface area contributed by atoms with Crippen LogP contribution in [0.15, 0.2) is 42.6 Å². The Balaban J connectivity index is 1.43. The number of benzene rings is 1. The summed E-state index contributed by atoms with van der Waals surface area (Å²) in [6.07, 6.45) is 3.30. The molecular weight excluding hydrogens is 514 g/mol. The van der Waals surface area contributed by atoms with Gasteiger partial charge in [-0.2, -0.15) is 0 Å². The summed E-state index contributed by atoms with van der Waals surface area (Å²) in [5, 5.41) is 3.84. The minimum Gasteiger partial charge on any atom is -0.493 e. The Kier molecular flexibility index (Phi) is 6.18. The third-order valence-corrected chi connectivity index (χ3v) is 7.38. The molecule has 1 saturated carbocycles. The van der Waals surface area contributed by atoms with E-state index in [1.165, 1.54) is 7.11 Å². The van der Waals surface area contributed by atoms with Gasteiger partial charge in [-0.05, 0) is 37.1 Å². The average molecular weight is 539 g/mol. The van der Waals surface area contributed by atoms with Crippen molar-refractivity contribution in [3.63, 3.8) is 0 Å². The van der Waals surface area contributed by atoms with Crippen LogP contribution in [0.3, 0.4) is 0 Å². The Labute approximate surface area is 222 Å². The van der Waals surface area contributed by atoms with E-state index in [0.29, 0.717) is 56.7 Å². The molecule has 2 aliphatic rings. The van der Waals surface area contributed by atoms with E-state index in [4.69, 9.17) is 21.1 Å². The van der Waals surface area contributed by atoms with Gasteiger partial charge >= 0.3 is 0 Å². The number of nitrogens with one attached hydrogen (secondary N) is 2. The van der Waals surface area contributed by atoms with Crippen LogP contribution in [0.25, 0.3) is 22.3 Å². The van der Waals surface area contributed by atoms with E-state index >= 15 is 0 Å². The van der Waals surface area contributed by atoms with Gasteiger partial charge in [-0.15, -0.1) is 0 Å². The number of ether oxygens (including phenoxy) is 2. The maximum Gasteiger partial charge on any atom is 0.248 e. The van der Waals surface area contributed by atoms with Crippen LogP contribution < -0.4 is 14.8 Å². The molecule has 0 amide bonds. The third-order valence-electron chi connectivity index (χ3n) is 7.09. The van der Waals surface area contributed by atoms with Crippen molar-refractivity contribution in [2.24, 2.45) is 5.92 Å². The molecule has 0 unspecified atom stereocenters. The quantitative estimate of drug-likeness (QED) is 0.264. The topological polar surface area (TPSA) is 89.1 Å². The Morgan fingerprint density at radius 2 is 2.03 bits per heavy atom. The van der Waals surface area contributed by atoms with E-state index in [-0.39, 0.29) is 31.1 Å². The summed E-state index contributed by atoms with van der Waals surface area (Å²) < 4.78 is 37.8. The fraction of sp³-hybridized carbons (Fsp3) is 0.321. The Bertz CT molecular complexity index is 1550. The maximum atomic E-state index is 13.2. The number of pyridine rings is 2. The smallest absolute Gasteiger partial charge is 0.248 e. The zero-order valence-corrected chi connectivity index (χ0v) is 21.4. The van der Waals surface area contributed by atoms with Gasteiger partial charge in [-0.3, -0.25) is 9.78 Å². The number of nitrogens with zero attached hydrogens (tertiary/aromatic N) is 2. The van der Waals surface area contributed by atoms with E-state index in [1.807, 2.05) is 12.1 Å². The highest BCUT2D eigenvalue weighted by Crippen LogP contribution is 2.44. The number of hydrogen-bond acceptors (Lipinski definition) is 6. The van der Waals surface area contributed by atoms with E-state index in [1.54, 1.807) is 30.5 Å². The van der Waals surface area contributed by atoms with Gasteiger partial charge in [0, 0.05) is 48.7 Å². The predicted molar refractivity (Wildman–Crippen MR) is 141 cm³/mol. The molecule has 0 atom stereocenters. The number of ketones is 1. The van der Waals surface area contributed by atoms with Crippen LogP contribution in [0.4, 0.5) is 20.2 Å². The van der Waals surface area contributed by atoms with E-state index in [2.05, 4.69) is 20.3 Å². The van der Waals surface area contributed by atoms with Crippen LogP contribution in [0.2, 0.25) is 5.02 Å². The van der Waals surface area contributed by atoms with Gasteiger partial charge in [0.25, 0.3) is 0 Å². The first-order chi connectivity index (χ1) is 18.3. The number of fused-ring (bicyclic) bond motifs is 2. The number of Topliss-reactive ketones (excluding diaryl/α,β-unsaturated/α-hetero) is 1. The molecule has 0 bridgehead atoms. The lowest BCUT2D eigenvalue weighted by Crippen LogP contribution is -2.38. The SMILES string of the molecule is COc1c(Cl)cccc1Nc1c(-c2ccnc3ccc(OCC4CC(F)(F)C4)nc23)[nH]c2c1C(=O)CCC2. The summed E-state index contributed by atoms with van der Waals surface area (Å²) >= 11 is 6.36. The normalized spacial score (nSPS) is 16.7. The summed E-state index contributed by atoms with van der Waals surface area (Å²) in [7, 11) is 1.54. The first-order valence-electron chi connectivity index (χ1n) is 12.5. The fourth-order valence-electron chi connectivity index (χ4n) is 5.27. The standard InChI is InChI=1S/C28H25ClF2N4O3/c1-37-27-17(29)4-2-6-20(27)34-26-23-18(5-3-7-21(23)36)33-25(26)16-10-11-32-19-8-9-22(35-24(16)19)38-14-15-12-28(30,31)13-15/h2,4,6,8-11,15,33-34H,3,5,7,12-14H2,1H3. The monoisotopic (exact) mass is 538 g/mol. The molecule has 10 heteroatoms. The van der Waals surface area contributed by atoms with Crippen molar-refractivity contribution in [2.45, 2.75) is 38.0 Å². The molecule has 7 nitrogen and oxygen atoms in total. The molecule has 1 fully saturated rings. The summed E-state index contributed by atoms with van der Waals surface area (Å²) in [5.41, 5.74) is 5.30. The minimum absolute atomic E-state index is 0.0462. The molecule has 0 aliphatic heterocycles. The number of halogens is 3. The van der Waals surface area contributed by atoms with Crippen LogP contribution in [0.1, 0.15) is 41.7 Å². The molecule has 0 radical (unpaired) electrons. The number of hydrogen-bond donors (Lipinski definition) is 2. The third kappa shape index (κ3) is 4.45. The minimum atomic E-state index is -2.60. The van der Waals surface area contributed by atoms with Crippen molar-refractivity contribution in [1.29, 1.82) is 0 Å². The molecule has 2 N–H and O–H groups in total. The van der Waals surface area contributed by atoms with Crippen LogP contribution in [-0.4, -0.2) is 40.4 Å². The van der Waals surface area contributed by atoms with Crippen LogP contribution in [0.5, 0.6) is 11.6 Å². The van der Waals surface area contributed by atoms with E-state index in [0.717, 1.165) is 24.1 Å². The van der Waals surface area contributed by atoms with Crippen molar-refractivity contribution in [1.82, 2.24) is 15.0 Å². The largest absolute Gasteiger partial charge is 0.493 e. The Morgan fingerprint density at radius 1 is 1.18 bits per heavy atom. The molecule has 3 heterocycles. The molecular formula is C28H25ClF2N4O3. The molecule has 2 aliphatic carbocycles. The molecule has 4 aromatic rings. The highest BCUT2D eigenvalue weighted by molar-refractivity contribution is 6.32. The molecule has 3 aromatic heterocycles. The van der Waals surface area contributed by atoms with Crippen LogP contribution >= 0.6 is 11.6 Å². The summed E-state index contributed by atoms with van der Waals surface area (Å²) in [5.74, 6) is -1.94. The number of alkyl halides is 2. The van der Waals surface area contributed by atoms with Crippen molar-refractivity contribution < 1.29 is 23.0 Å². The van der Waals surface area contributed by atoms with Crippen molar-refractivity contribution in [3.05, 3.63) is 58.9 Å². The van der Waals surface area contributed by atoms with Gasteiger partial charge in [0.1, 0.15) is 5.52 Å². The van der Waals surface area contributed by atoms with Gasteiger partial charge in [0.05, 0.1) is 46.9 Å². The lowest BCUT2D eigenvalue weighted by Gasteiger charge is -2.34. The number of aromatic nitrogens is 3. The highest BCUT2D eigenvalue weighted by atomic mass is 35.5. The number of methoxy groups -OCH3 is 1. The van der Waals surface area contributed by atoms with Crippen LogP contribution in [-0.2, 0) is 6.42 Å². The maximum absolute atomic E-state index is 13.2. The number of carbonyl (C=O) groups is 1. The summed E-state index contributed by atoms with van der Waals surface area (Å²) in [6, 6.07) is 10.7. The second kappa shape index (κ2) is 9.54. The number of H-pyrrole nitrogens is 1. The highest BCUT2D eigenvalue weighted by Gasteiger charge is 2.45. The van der Waals surface area contributed by atoms with Crippen molar-refractivity contribution in [2.75, 3.05) is 19.0 Å². The molecule has 6 rings (SSSR count). The van der Waals surface area contributed by atoms with Gasteiger partial charge < -0.3 is 19.8 Å². The van der Waals surface area contributed by atoms with Gasteiger partial charge in [0.15, 0.2) is 11.5 Å². The number of para-hydroxylation sites is 1. The summed E-state index contributed by atoms with van der Waals surface area (Å²) in [6.45, 7) is 0.177. The second-order valence-electron chi connectivity index (χ2n) is 9.77. The van der Waals surface area contributed by atoms with Crippen LogP contribution in [0, 0.1) is 5.92 Å².